The molecule has 0 saturated carbocycles. The Bertz CT molecular complexity index is 440. The molecule has 2 rings (SSSR count). The molecule has 0 unspecified atom stereocenters. The van der Waals surface area contributed by atoms with Crippen molar-refractivity contribution in [3.63, 3.8) is 0 Å². The Morgan fingerprint density at radius 1 is 1.58 bits per heavy atom. The van der Waals surface area contributed by atoms with Crippen LogP contribution < -0.4 is 0 Å². The molecule has 0 saturated heterocycles. The van der Waals surface area contributed by atoms with Crippen LogP contribution in [0.15, 0.2) is 21.2 Å². The van der Waals surface area contributed by atoms with Crippen LogP contribution in [0.4, 0.5) is 0 Å². The highest BCUT2D eigenvalue weighted by Crippen LogP contribution is 2.21. The van der Waals surface area contributed by atoms with Gasteiger partial charge in [0.05, 0.1) is 6.26 Å². The Morgan fingerprint density at radius 3 is 2.92 bits per heavy atom. The van der Waals surface area contributed by atoms with E-state index in [9.17, 15) is 0 Å². The van der Waals surface area contributed by atoms with E-state index in [1.54, 1.807) is 6.26 Å². The predicted molar refractivity (Wildman–Crippen MR) is 44.1 cm³/mol. The summed E-state index contributed by atoms with van der Waals surface area (Å²) in [6.45, 7) is 1.91. The van der Waals surface area contributed by atoms with Crippen LogP contribution in [-0.2, 0) is 0 Å². The van der Waals surface area contributed by atoms with E-state index in [4.69, 9.17) is 21.1 Å². The fourth-order valence-corrected chi connectivity index (χ4v) is 1.04. The van der Waals surface area contributed by atoms with Gasteiger partial charge in [-0.2, -0.15) is 0 Å². The van der Waals surface area contributed by atoms with Crippen molar-refractivity contribution in [1.29, 1.82) is 0 Å². The number of hydrogen-bond donors (Lipinski definition) is 1. The summed E-state index contributed by atoms with van der Waals surface area (Å²) in [5, 5.41) is 6.35. The van der Waals surface area contributed by atoms with Crippen LogP contribution in [0.3, 0.4) is 0 Å². The summed E-state index contributed by atoms with van der Waals surface area (Å²) in [6, 6.07) is 1.84. The van der Waals surface area contributed by atoms with Crippen molar-refractivity contribution in [3.05, 3.63) is 22.7 Å². The van der Waals surface area contributed by atoms with Gasteiger partial charge in [0.15, 0.2) is 5.76 Å². The lowest BCUT2D eigenvalue weighted by Gasteiger charge is -1.87. The molecule has 12 heavy (non-hydrogen) atoms. The minimum atomic E-state index is 0.251. The van der Waals surface area contributed by atoms with Gasteiger partial charge in [-0.3, -0.25) is 0 Å². The molecule has 0 aromatic carbocycles. The van der Waals surface area contributed by atoms with E-state index in [1.807, 2.05) is 13.0 Å². The Labute approximate surface area is 73.2 Å². The number of aromatic amines is 1. The number of furan rings is 1. The topological polar surface area (TPSA) is 55.0 Å². The first kappa shape index (κ1) is 7.30. The lowest BCUT2D eigenvalue weighted by Crippen LogP contribution is -1.76. The second-order valence-corrected chi connectivity index (χ2v) is 2.72. The molecular formula is C7H6N2O2S. The van der Waals surface area contributed by atoms with Crippen LogP contribution in [0.5, 0.6) is 0 Å². The molecule has 62 valence electrons. The summed E-state index contributed by atoms with van der Waals surface area (Å²) in [5.41, 5.74) is 0.972. The SMILES string of the molecule is Cc1ccoc1-c1n[nH]c(=S)o1. The summed E-state index contributed by atoms with van der Waals surface area (Å²) >= 11 is 4.72. The third-order valence-electron chi connectivity index (χ3n) is 1.49. The van der Waals surface area contributed by atoms with Crippen molar-refractivity contribution in [3.8, 4) is 11.7 Å². The van der Waals surface area contributed by atoms with Crippen molar-refractivity contribution in [2.45, 2.75) is 6.92 Å². The first-order chi connectivity index (χ1) is 5.77. The van der Waals surface area contributed by atoms with Gasteiger partial charge >= 0.3 is 0 Å². The molecular weight excluding hydrogens is 176 g/mol. The molecule has 0 amide bonds. The highest BCUT2D eigenvalue weighted by atomic mass is 32.1. The maximum atomic E-state index is 5.14. The van der Waals surface area contributed by atoms with Gasteiger partial charge in [0.1, 0.15) is 0 Å². The Kier molecular flexibility index (Phi) is 1.58. The van der Waals surface area contributed by atoms with Crippen LogP contribution in [-0.4, -0.2) is 10.2 Å². The molecule has 0 atom stereocenters. The summed E-state index contributed by atoms with van der Waals surface area (Å²) in [5.74, 6) is 1.00. The summed E-state index contributed by atoms with van der Waals surface area (Å²) in [4.78, 5) is 0.251. The molecule has 4 nitrogen and oxygen atoms in total. The van der Waals surface area contributed by atoms with Crippen molar-refractivity contribution < 1.29 is 8.83 Å². The zero-order valence-corrected chi connectivity index (χ0v) is 7.14. The fraction of sp³-hybridized carbons (Fsp3) is 0.143. The van der Waals surface area contributed by atoms with Crippen molar-refractivity contribution in [2.24, 2.45) is 0 Å². The fourth-order valence-electron chi connectivity index (χ4n) is 0.919. The normalized spacial score (nSPS) is 10.4. The lowest BCUT2D eigenvalue weighted by atomic mass is 10.3. The molecule has 2 aromatic rings. The molecule has 0 aliphatic rings. The van der Waals surface area contributed by atoms with Crippen LogP contribution in [0.1, 0.15) is 5.56 Å². The van der Waals surface area contributed by atoms with Gasteiger partial charge in [0, 0.05) is 5.56 Å². The quantitative estimate of drug-likeness (QED) is 0.687. The summed E-state index contributed by atoms with van der Waals surface area (Å²) in [7, 11) is 0. The Morgan fingerprint density at radius 2 is 2.42 bits per heavy atom. The minimum absolute atomic E-state index is 0.251. The monoisotopic (exact) mass is 182 g/mol. The number of hydrogen-bond acceptors (Lipinski definition) is 4. The van der Waals surface area contributed by atoms with Crippen LogP contribution in [0.25, 0.3) is 11.7 Å². The van der Waals surface area contributed by atoms with E-state index in [-0.39, 0.29) is 4.84 Å². The largest absolute Gasteiger partial charge is 0.459 e. The van der Waals surface area contributed by atoms with Gasteiger partial charge in [-0.1, -0.05) is 0 Å². The van der Waals surface area contributed by atoms with Crippen molar-refractivity contribution in [2.75, 3.05) is 0 Å². The van der Waals surface area contributed by atoms with Gasteiger partial charge in [-0.15, -0.1) is 5.10 Å². The van der Waals surface area contributed by atoms with E-state index < -0.39 is 0 Å². The smallest absolute Gasteiger partial charge is 0.284 e. The molecule has 0 radical (unpaired) electrons. The molecule has 2 heterocycles. The average molecular weight is 182 g/mol. The third kappa shape index (κ3) is 1.08. The number of H-pyrrole nitrogens is 1. The van der Waals surface area contributed by atoms with E-state index >= 15 is 0 Å². The Hall–Kier alpha value is -1.36. The van der Waals surface area contributed by atoms with Gasteiger partial charge in [-0.05, 0) is 25.2 Å². The molecule has 0 fully saturated rings. The summed E-state index contributed by atoms with van der Waals surface area (Å²) < 4.78 is 10.2. The Balaban J connectivity index is 2.57. The standard InChI is InChI=1S/C7H6N2O2S/c1-4-2-3-10-5(4)6-8-9-7(12)11-6/h2-3H,1H3,(H,9,12). The van der Waals surface area contributed by atoms with Crippen molar-refractivity contribution >= 4 is 12.2 Å². The lowest BCUT2D eigenvalue weighted by molar-refractivity contribution is 0.506. The van der Waals surface area contributed by atoms with Gasteiger partial charge in [0.25, 0.3) is 10.7 Å². The molecule has 0 bridgehead atoms. The zero-order chi connectivity index (χ0) is 8.55. The number of nitrogens with one attached hydrogen (secondary N) is 1. The first-order valence-corrected chi connectivity index (χ1v) is 3.78. The molecule has 0 aliphatic carbocycles. The minimum Gasteiger partial charge on any atom is -0.459 e. The predicted octanol–water partition coefficient (Wildman–Crippen LogP) is 2.30. The number of aryl methyl sites for hydroxylation is 1. The third-order valence-corrected chi connectivity index (χ3v) is 1.67. The van der Waals surface area contributed by atoms with Crippen LogP contribution >= 0.6 is 12.2 Å². The van der Waals surface area contributed by atoms with Crippen LogP contribution in [0.2, 0.25) is 0 Å². The van der Waals surface area contributed by atoms with Crippen molar-refractivity contribution in [1.82, 2.24) is 10.2 Å². The molecule has 0 aliphatic heterocycles. The number of rotatable bonds is 1. The molecule has 1 N–H and O–H groups in total. The van der Waals surface area contributed by atoms with Gasteiger partial charge in [-0.25, -0.2) is 5.10 Å². The van der Waals surface area contributed by atoms with E-state index in [1.165, 1.54) is 0 Å². The molecule has 2 aromatic heterocycles. The average Bonchev–Trinajstić information content (AvgIpc) is 2.58. The van der Waals surface area contributed by atoms with E-state index in [0.29, 0.717) is 11.7 Å². The van der Waals surface area contributed by atoms with Gasteiger partial charge < -0.3 is 8.83 Å². The highest BCUT2D eigenvalue weighted by molar-refractivity contribution is 7.71. The second kappa shape index (κ2) is 2.60. The second-order valence-electron chi connectivity index (χ2n) is 2.35. The zero-order valence-electron chi connectivity index (χ0n) is 6.33. The number of aromatic nitrogens is 2. The van der Waals surface area contributed by atoms with E-state index in [0.717, 1.165) is 5.56 Å². The molecule has 5 heteroatoms. The number of nitrogens with zero attached hydrogens (tertiary/aromatic N) is 1. The summed E-state index contributed by atoms with van der Waals surface area (Å²) in [6.07, 6.45) is 1.58. The van der Waals surface area contributed by atoms with Gasteiger partial charge in [0.2, 0.25) is 0 Å². The first-order valence-electron chi connectivity index (χ1n) is 3.37. The maximum Gasteiger partial charge on any atom is 0.284 e. The van der Waals surface area contributed by atoms with E-state index in [2.05, 4.69) is 10.2 Å². The molecule has 0 spiro atoms. The highest BCUT2D eigenvalue weighted by Gasteiger charge is 2.09. The van der Waals surface area contributed by atoms with Crippen LogP contribution in [0, 0.1) is 11.8 Å². The maximum absolute atomic E-state index is 5.14.